The van der Waals surface area contributed by atoms with Gasteiger partial charge in [0.05, 0.1) is 0 Å². The van der Waals surface area contributed by atoms with Crippen molar-refractivity contribution in [3.05, 3.63) is 0 Å². The third kappa shape index (κ3) is 2.62. The van der Waals surface area contributed by atoms with Crippen molar-refractivity contribution in [1.82, 2.24) is 0 Å². The topological polar surface area (TPSA) is 68.2 Å². The predicted molar refractivity (Wildman–Crippen MR) is 43.7 cm³/mol. The summed E-state index contributed by atoms with van der Waals surface area (Å²) in [6, 6.07) is 0. The fourth-order valence-corrected chi connectivity index (χ4v) is 1.09. The summed E-state index contributed by atoms with van der Waals surface area (Å²) in [6.07, 6.45) is 0.265. The molecular weight excluding hydrogens is 176 g/mol. The Morgan fingerprint density at radius 3 is 2.54 bits per heavy atom. The molecule has 0 aromatic heterocycles. The van der Waals surface area contributed by atoms with Crippen LogP contribution in [0.25, 0.3) is 0 Å². The van der Waals surface area contributed by atoms with Crippen molar-refractivity contribution in [2.75, 3.05) is 19.8 Å². The minimum absolute atomic E-state index is 0.00576. The highest BCUT2D eigenvalue weighted by Crippen LogP contribution is 2.30. The van der Waals surface area contributed by atoms with Crippen LogP contribution in [-0.2, 0) is 14.2 Å². The quantitative estimate of drug-likeness (QED) is 0.646. The highest BCUT2D eigenvalue weighted by atomic mass is 16.9. The van der Waals surface area contributed by atoms with E-state index in [0.29, 0.717) is 6.61 Å². The van der Waals surface area contributed by atoms with Gasteiger partial charge in [0.25, 0.3) is 5.97 Å². The molecule has 0 radical (unpaired) electrons. The maximum Gasteiger partial charge on any atom is 0.282 e. The van der Waals surface area contributed by atoms with E-state index in [1.54, 1.807) is 6.92 Å². The number of ether oxygens (including phenoxy) is 3. The van der Waals surface area contributed by atoms with E-state index in [4.69, 9.17) is 14.2 Å². The molecular formula is C8H16O5. The van der Waals surface area contributed by atoms with Crippen LogP contribution in [0.4, 0.5) is 0 Å². The van der Waals surface area contributed by atoms with Gasteiger partial charge in [-0.15, -0.1) is 0 Å². The van der Waals surface area contributed by atoms with E-state index in [1.807, 2.05) is 6.92 Å². The molecule has 1 fully saturated rings. The van der Waals surface area contributed by atoms with Crippen LogP contribution in [-0.4, -0.2) is 41.8 Å². The zero-order chi connectivity index (χ0) is 9.95. The lowest BCUT2D eigenvalue weighted by Gasteiger charge is -2.23. The number of hydrogen-bond donors (Lipinski definition) is 2. The van der Waals surface area contributed by atoms with Crippen LogP contribution in [0.1, 0.15) is 20.3 Å². The lowest BCUT2D eigenvalue weighted by Crippen LogP contribution is -2.40. The molecule has 1 aliphatic rings. The molecule has 13 heavy (non-hydrogen) atoms. The molecule has 1 rings (SSSR count). The number of aliphatic hydroxyl groups is 2. The van der Waals surface area contributed by atoms with Gasteiger partial charge in [-0.3, -0.25) is 4.74 Å². The first-order valence-electron chi connectivity index (χ1n) is 4.40. The van der Waals surface area contributed by atoms with Crippen molar-refractivity contribution < 1.29 is 24.4 Å². The second-order valence-electron chi connectivity index (χ2n) is 3.04. The lowest BCUT2D eigenvalue weighted by atomic mass is 10.3. The smallest absolute Gasteiger partial charge is 0.282 e. The molecule has 1 aliphatic heterocycles. The zero-order valence-electron chi connectivity index (χ0n) is 7.95. The Morgan fingerprint density at radius 1 is 1.38 bits per heavy atom. The van der Waals surface area contributed by atoms with Gasteiger partial charge in [0.15, 0.2) is 0 Å². The summed E-state index contributed by atoms with van der Waals surface area (Å²) in [5, 5.41) is 19.1. The van der Waals surface area contributed by atoms with Gasteiger partial charge in [0.2, 0.25) is 5.79 Å². The van der Waals surface area contributed by atoms with Gasteiger partial charge in [0.1, 0.15) is 13.2 Å². The third-order valence-corrected chi connectivity index (χ3v) is 1.85. The van der Waals surface area contributed by atoms with Crippen LogP contribution < -0.4 is 0 Å². The molecule has 1 heterocycles. The Labute approximate surface area is 77.2 Å². The molecule has 0 amide bonds. The Bertz CT molecular complexity index is 170. The van der Waals surface area contributed by atoms with E-state index in [-0.39, 0.29) is 19.6 Å². The van der Waals surface area contributed by atoms with E-state index in [2.05, 4.69) is 0 Å². The molecule has 0 aromatic rings. The maximum absolute atomic E-state index is 9.66. The van der Waals surface area contributed by atoms with E-state index < -0.39 is 11.8 Å². The first-order valence-corrected chi connectivity index (χ1v) is 4.40. The zero-order valence-corrected chi connectivity index (χ0v) is 7.95. The molecule has 78 valence electrons. The molecule has 0 aliphatic carbocycles. The Balaban J connectivity index is 2.46. The highest BCUT2D eigenvalue weighted by Gasteiger charge is 2.48. The van der Waals surface area contributed by atoms with Crippen LogP contribution >= 0.6 is 0 Å². The summed E-state index contributed by atoms with van der Waals surface area (Å²) in [5.41, 5.74) is 0. The SMILES string of the molecule is CCOCC1(O)COC(O)(CC)O1. The molecule has 5 heteroatoms. The number of rotatable bonds is 4. The monoisotopic (exact) mass is 192 g/mol. The summed E-state index contributed by atoms with van der Waals surface area (Å²) in [4.78, 5) is 0. The van der Waals surface area contributed by atoms with Gasteiger partial charge >= 0.3 is 0 Å². The summed E-state index contributed by atoms with van der Waals surface area (Å²) in [6.45, 7) is 3.93. The van der Waals surface area contributed by atoms with E-state index in [0.717, 1.165) is 0 Å². The molecule has 2 N–H and O–H groups in total. The first kappa shape index (κ1) is 10.9. The highest BCUT2D eigenvalue weighted by molar-refractivity contribution is 4.75. The fraction of sp³-hybridized carbons (Fsp3) is 1.00. The Morgan fingerprint density at radius 2 is 2.08 bits per heavy atom. The molecule has 1 saturated heterocycles. The maximum atomic E-state index is 9.66. The van der Waals surface area contributed by atoms with Gasteiger partial charge in [-0.2, -0.15) is 0 Å². The minimum Gasteiger partial charge on any atom is -0.376 e. The molecule has 0 saturated carbocycles. The second-order valence-corrected chi connectivity index (χ2v) is 3.04. The molecule has 0 bridgehead atoms. The lowest BCUT2D eigenvalue weighted by molar-refractivity contribution is -0.352. The van der Waals surface area contributed by atoms with Crippen LogP contribution in [0.5, 0.6) is 0 Å². The Kier molecular flexibility index (Phi) is 3.26. The molecule has 0 aromatic carbocycles. The third-order valence-electron chi connectivity index (χ3n) is 1.85. The molecule has 5 nitrogen and oxygen atoms in total. The molecule has 2 unspecified atom stereocenters. The van der Waals surface area contributed by atoms with E-state index in [1.165, 1.54) is 0 Å². The molecule has 2 atom stereocenters. The van der Waals surface area contributed by atoms with Crippen molar-refractivity contribution in [2.45, 2.75) is 32.0 Å². The van der Waals surface area contributed by atoms with Crippen molar-refractivity contribution in [1.29, 1.82) is 0 Å². The summed E-state index contributed by atoms with van der Waals surface area (Å²) >= 11 is 0. The van der Waals surface area contributed by atoms with Crippen molar-refractivity contribution in [3.8, 4) is 0 Å². The second kappa shape index (κ2) is 3.89. The molecule has 0 spiro atoms. The number of hydrogen-bond acceptors (Lipinski definition) is 5. The van der Waals surface area contributed by atoms with Crippen molar-refractivity contribution in [2.24, 2.45) is 0 Å². The van der Waals surface area contributed by atoms with Gasteiger partial charge in [-0.1, -0.05) is 6.92 Å². The Hall–Kier alpha value is -0.200. The van der Waals surface area contributed by atoms with Gasteiger partial charge < -0.3 is 19.7 Å². The largest absolute Gasteiger partial charge is 0.376 e. The van der Waals surface area contributed by atoms with Crippen LogP contribution in [0.3, 0.4) is 0 Å². The summed E-state index contributed by atoms with van der Waals surface area (Å²) in [7, 11) is 0. The average Bonchev–Trinajstić information content (AvgIpc) is 2.41. The summed E-state index contributed by atoms with van der Waals surface area (Å²) < 4.78 is 14.8. The van der Waals surface area contributed by atoms with Gasteiger partial charge in [-0.05, 0) is 6.92 Å². The van der Waals surface area contributed by atoms with Crippen LogP contribution in [0, 0.1) is 0 Å². The van der Waals surface area contributed by atoms with E-state index >= 15 is 0 Å². The van der Waals surface area contributed by atoms with E-state index in [9.17, 15) is 10.2 Å². The van der Waals surface area contributed by atoms with Gasteiger partial charge in [-0.25, -0.2) is 0 Å². The normalized spacial score (nSPS) is 39.7. The average molecular weight is 192 g/mol. The fourth-order valence-electron chi connectivity index (χ4n) is 1.09. The predicted octanol–water partition coefficient (Wildman–Crippen LogP) is -0.186. The van der Waals surface area contributed by atoms with Crippen LogP contribution in [0.15, 0.2) is 0 Å². The van der Waals surface area contributed by atoms with Crippen molar-refractivity contribution >= 4 is 0 Å². The first-order chi connectivity index (χ1) is 6.04. The summed E-state index contributed by atoms with van der Waals surface area (Å²) in [5.74, 6) is -3.17. The van der Waals surface area contributed by atoms with Crippen molar-refractivity contribution in [3.63, 3.8) is 0 Å². The van der Waals surface area contributed by atoms with Crippen LogP contribution in [0.2, 0.25) is 0 Å². The standard InChI is InChI=1S/C8H16O5/c1-3-8(10)12-6-7(9,13-8)5-11-4-2/h9-10H,3-6H2,1-2H3. The van der Waals surface area contributed by atoms with Gasteiger partial charge in [0, 0.05) is 13.0 Å². The minimum atomic E-state index is -1.66.